The molecule has 118 valence electrons. The molecule has 0 fully saturated rings. The Morgan fingerprint density at radius 1 is 1.19 bits per heavy atom. The maximum atomic E-state index is 13.3. The third-order valence-electron chi connectivity index (χ3n) is 2.53. The Morgan fingerprint density at radius 3 is 2.67 bits per heavy atom. The van der Waals surface area contributed by atoms with E-state index < -0.39 is 5.82 Å². The van der Waals surface area contributed by atoms with Gasteiger partial charge in [-0.05, 0) is 12.1 Å². The summed E-state index contributed by atoms with van der Waals surface area (Å²) in [6, 6.07) is 3.96. The average molecular weight is 300 g/mol. The van der Waals surface area contributed by atoms with Gasteiger partial charge in [-0.15, -0.1) is 0 Å². The van der Waals surface area contributed by atoms with Crippen LogP contribution in [0.4, 0.5) is 10.1 Å². The fourth-order valence-corrected chi connectivity index (χ4v) is 1.53. The third-order valence-corrected chi connectivity index (χ3v) is 2.53. The molecule has 0 aliphatic heterocycles. The summed E-state index contributed by atoms with van der Waals surface area (Å²) in [5.41, 5.74) is 0.296. The van der Waals surface area contributed by atoms with Crippen molar-refractivity contribution < 1.29 is 23.4 Å². The van der Waals surface area contributed by atoms with Crippen molar-refractivity contribution in [2.75, 3.05) is 52.4 Å². The van der Waals surface area contributed by atoms with E-state index in [0.29, 0.717) is 37.8 Å². The normalized spacial score (nSPS) is 10.4. The highest BCUT2D eigenvalue weighted by molar-refractivity contribution is 5.93. The van der Waals surface area contributed by atoms with Crippen molar-refractivity contribution in [3.05, 3.63) is 24.0 Å². The van der Waals surface area contributed by atoms with E-state index >= 15 is 0 Å². The molecule has 1 aromatic carbocycles. The minimum Gasteiger partial charge on any atom is -0.489 e. The standard InChI is InChI=1S/C14H21FN2O4/c1-19-6-5-16-10-14(18)17-12-9-11(15)3-4-13(12)21-8-7-20-2/h3-4,9,16H,5-8,10H2,1-2H3,(H,17,18). The Hall–Kier alpha value is -1.70. The second-order valence-corrected chi connectivity index (χ2v) is 4.20. The predicted octanol–water partition coefficient (Wildman–Crippen LogP) is 1.03. The molecule has 0 aliphatic carbocycles. The minimum absolute atomic E-state index is 0.109. The van der Waals surface area contributed by atoms with Gasteiger partial charge in [-0.2, -0.15) is 0 Å². The Morgan fingerprint density at radius 2 is 1.95 bits per heavy atom. The summed E-state index contributed by atoms with van der Waals surface area (Å²) >= 11 is 0. The number of anilines is 1. The number of ether oxygens (including phenoxy) is 3. The van der Waals surface area contributed by atoms with Gasteiger partial charge in [0.25, 0.3) is 0 Å². The molecule has 6 nitrogen and oxygen atoms in total. The molecule has 0 saturated carbocycles. The molecule has 0 atom stereocenters. The molecule has 21 heavy (non-hydrogen) atoms. The van der Waals surface area contributed by atoms with Crippen molar-refractivity contribution in [1.82, 2.24) is 5.32 Å². The second kappa shape index (κ2) is 10.1. The molecule has 1 rings (SSSR count). The van der Waals surface area contributed by atoms with Crippen molar-refractivity contribution in [2.24, 2.45) is 0 Å². The second-order valence-electron chi connectivity index (χ2n) is 4.20. The third kappa shape index (κ3) is 7.03. The number of benzene rings is 1. The zero-order valence-corrected chi connectivity index (χ0v) is 12.3. The number of hydrogen-bond donors (Lipinski definition) is 2. The average Bonchev–Trinajstić information content (AvgIpc) is 2.46. The molecule has 1 amide bonds. The molecule has 2 N–H and O–H groups in total. The molecule has 7 heteroatoms. The largest absolute Gasteiger partial charge is 0.489 e. The molecular weight excluding hydrogens is 279 g/mol. The predicted molar refractivity (Wildman–Crippen MR) is 77.1 cm³/mol. The molecule has 0 saturated heterocycles. The van der Waals surface area contributed by atoms with E-state index in [1.165, 1.54) is 18.2 Å². The zero-order chi connectivity index (χ0) is 15.5. The van der Waals surface area contributed by atoms with Crippen LogP contribution in [0.2, 0.25) is 0 Å². The van der Waals surface area contributed by atoms with Crippen LogP contribution in [-0.2, 0) is 14.3 Å². The number of halogens is 1. The van der Waals surface area contributed by atoms with Gasteiger partial charge >= 0.3 is 0 Å². The number of carbonyl (C=O) groups is 1. The first-order chi connectivity index (χ1) is 10.2. The number of nitrogens with one attached hydrogen (secondary N) is 2. The summed E-state index contributed by atoms with van der Waals surface area (Å²) in [4.78, 5) is 11.8. The lowest BCUT2D eigenvalue weighted by Gasteiger charge is -2.12. The van der Waals surface area contributed by atoms with Crippen LogP contribution in [0.3, 0.4) is 0 Å². The summed E-state index contributed by atoms with van der Waals surface area (Å²) in [5.74, 6) is -0.330. The van der Waals surface area contributed by atoms with E-state index in [2.05, 4.69) is 10.6 Å². The number of methoxy groups -OCH3 is 2. The van der Waals surface area contributed by atoms with Crippen molar-refractivity contribution in [2.45, 2.75) is 0 Å². The number of hydrogen-bond acceptors (Lipinski definition) is 5. The van der Waals surface area contributed by atoms with E-state index in [9.17, 15) is 9.18 Å². The summed E-state index contributed by atoms with van der Waals surface area (Å²) in [6.07, 6.45) is 0. The quantitative estimate of drug-likeness (QED) is 0.632. The topological polar surface area (TPSA) is 68.8 Å². The molecule has 1 aromatic rings. The fourth-order valence-electron chi connectivity index (χ4n) is 1.53. The molecule has 0 aromatic heterocycles. The summed E-state index contributed by atoms with van der Waals surface area (Å²) in [7, 11) is 3.14. The lowest BCUT2D eigenvalue weighted by Crippen LogP contribution is -2.30. The number of amides is 1. The van der Waals surface area contributed by atoms with Gasteiger partial charge in [0.15, 0.2) is 0 Å². The monoisotopic (exact) mass is 300 g/mol. The molecule has 0 aliphatic rings. The molecule has 0 heterocycles. The Labute approximate surface area is 123 Å². The van der Waals surface area contributed by atoms with Crippen molar-refractivity contribution in [3.8, 4) is 5.75 Å². The highest BCUT2D eigenvalue weighted by atomic mass is 19.1. The van der Waals surface area contributed by atoms with Gasteiger partial charge in [-0.3, -0.25) is 4.79 Å². The van der Waals surface area contributed by atoms with Crippen LogP contribution in [0.25, 0.3) is 0 Å². The Bertz CT molecular complexity index is 443. The molecular formula is C14H21FN2O4. The molecule has 0 unspecified atom stereocenters. The van der Waals surface area contributed by atoms with Gasteiger partial charge in [0.2, 0.25) is 5.91 Å². The lowest BCUT2D eigenvalue weighted by molar-refractivity contribution is -0.115. The molecule has 0 bridgehead atoms. The summed E-state index contributed by atoms with van der Waals surface area (Å²) < 4.78 is 28.4. The van der Waals surface area contributed by atoms with Crippen molar-refractivity contribution in [3.63, 3.8) is 0 Å². The smallest absolute Gasteiger partial charge is 0.238 e. The maximum Gasteiger partial charge on any atom is 0.238 e. The molecule has 0 spiro atoms. The first-order valence-electron chi connectivity index (χ1n) is 6.58. The van der Waals surface area contributed by atoms with Gasteiger partial charge in [-0.25, -0.2) is 4.39 Å². The highest BCUT2D eigenvalue weighted by Crippen LogP contribution is 2.25. The van der Waals surface area contributed by atoms with Gasteiger partial charge < -0.3 is 24.8 Å². The van der Waals surface area contributed by atoms with Crippen LogP contribution in [0, 0.1) is 5.82 Å². The first kappa shape index (κ1) is 17.4. The number of rotatable bonds is 10. The molecule has 0 radical (unpaired) electrons. The van der Waals surface area contributed by atoms with E-state index in [4.69, 9.17) is 14.2 Å². The highest BCUT2D eigenvalue weighted by Gasteiger charge is 2.09. The van der Waals surface area contributed by atoms with Crippen LogP contribution in [0.1, 0.15) is 0 Å². The van der Waals surface area contributed by atoms with Gasteiger partial charge in [0, 0.05) is 26.8 Å². The van der Waals surface area contributed by atoms with Gasteiger partial charge in [-0.1, -0.05) is 0 Å². The Balaban J connectivity index is 2.54. The number of carbonyl (C=O) groups excluding carboxylic acids is 1. The minimum atomic E-state index is -0.447. The van der Waals surface area contributed by atoms with E-state index in [-0.39, 0.29) is 12.5 Å². The first-order valence-corrected chi connectivity index (χ1v) is 6.58. The lowest BCUT2D eigenvalue weighted by atomic mass is 10.2. The maximum absolute atomic E-state index is 13.3. The van der Waals surface area contributed by atoms with E-state index in [1.54, 1.807) is 14.2 Å². The van der Waals surface area contributed by atoms with Crippen LogP contribution < -0.4 is 15.4 Å². The summed E-state index contributed by atoms with van der Waals surface area (Å²) in [6.45, 7) is 1.90. The SMILES string of the molecule is COCCNCC(=O)Nc1cc(F)ccc1OCCOC. The van der Waals surface area contributed by atoms with E-state index in [1.807, 2.05) is 0 Å². The van der Waals surface area contributed by atoms with Crippen LogP contribution in [0.5, 0.6) is 5.75 Å². The van der Waals surface area contributed by atoms with Crippen LogP contribution in [-0.4, -0.2) is 53.0 Å². The van der Waals surface area contributed by atoms with E-state index in [0.717, 1.165) is 0 Å². The summed E-state index contributed by atoms with van der Waals surface area (Å²) in [5, 5.41) is 5.51. The van der Waals surface area contributed by atoms with Gasteiger partial charge in [0.05, 0.1) is 25.4 Å². The Kier molecular flexibility index (Phi) is 8.34. The van der Waals surface area contributed by atoms with Gasteiger partial charge in [0.1, 0.15) is 18.2 Å². The van der Waals surface area contributed by atoms with Crippen LogP contribution >= 0.6 is 0 Å². The fraction of sp³-hybridized carbons (Fsp3) is 0.500. The van der Waals surface area contributed by atoms with Crippen LogP contribution in [0.15, 0.2) is 18.2 Å². The van der Waals surface area contributed by atoms with Crippen molar-refractivity contribution in [1.29, 1.82) is 0 Å². The van der Waals surface area contributed by atoms with Crippen molar-refractivity contribution >= 4 is 11.6 Å². The zero-order valence-electron chi connectivity index (χ0n) is 12.3.